The maximum Gasteiger partial charge on any atom is 0.262 e. The number of nitriles is 1. The number of carbonyl (C=O) groups is 1. The maximum atomic E-state index is 11.7. The number of hydrogen-bond donors (Lipinski definition) is 1. The van der Waals surface area contributed by atoms with Crippen molar-refractivity contribution in [1.29, 1.82) is 5.26 Å². The predicted octanol–water partition coefficient (Wildman–Crippen LogP) is 3.88. The summed E-state index contributed by atoms with van der Waals surface area (Å²) in [5.41, 5.74) is 1.12. The van der Waals surface area contributed by atoms with Crippen molar-refractivity contribution in [2.24, 2.45) is 0 Å². The summed E-state index contributed by atoms with van der Waals surface area (Å²) < 4.78 is 5.31. The highest BCUT2D eigenvalue weighted by Crippen LogP contribution is 2.24. The molecular weight excluding hydrogens is 311 g/mol. The summed E-state index contributed by atoms with van der Waals surface area (Å²) in [6, 6.07) is 13.2. The minimum atomic E-state index is -0.323. The van der Waals surface area contributed by atoms with E-state index in [1.165, 1.54) is 0 Å². The van der Waals surface area contributed by atoms with Crippen molar-refractivity contribution in [1.82, 2.24) is 0 Å². The van der Waals surface area contributed by atoms with Crippen LogP contribution < -0.4 is 10.1 Å². The smallest absolute Gasteiger partial charge is 0.262 e. The molecule has 106 valence electrons. The van der Waals surface area contributed by atoms with E-state index in [0.29, 0.717) is 27.0 Å². The number of rotatable bonds is 4. The fraction of sp³-hybridized carbons (Fsp3) is 0.0667. The number of amides is 1. The molecule has 0 heterocycles. The summed E-state index contributed by atoms with van der Waals surface area (Å²) >= 11 is 11.7. The summed E-state index contributed by atoms with van der Waals surface area (Å²) in [5.74, 6) is 0.0956. The van der Waals surface area contributed by atoms with Crippen LogP contribution in [0.3, 0.4) is 0 Å². The summed E-state index contributed by atoms with van der Waals surface area (Å²) in [6.45, 7) is -0.170. The predicted molar refractivity (Wildman–Crippen MR) is 81.7 cm³/mol. The molecular formula is C15H10Cl2N2O2. The van der Waals surface area contributed by atoms with Gasteiger partial charge in [-0.05, 0) is 42.5 Å². The lowest BCUT2D eigenvalue weighted by atomic mass is 10.2. The molecule has 2 aromatic rings. The average Bonchev–Trinajstić information content (AvgIpc) is 2.45. The molecule has 0 aromatic heterocycles. The molecule has 1 N–H and O–H groups in total. The van der Waals surface area contributed by atoms with E-state index in [9.17, 15) is 4.79 Å². The number of benzene rings is 2. The number of ether oxygens (including phenoxy) is 1. The van der Waals surface area contributed by atoms with E-state index >= 15 is 0 Å². The Bertz CT molecular complexity index is 674. The van der Waals surface area contributed by atoms with Crippen molar-refractivity contribution in [2.75, 3.05) is 11.9 Å². The quantitative estimate of drug-likeness (QED) is 0.929. The number of nitrogens with zero attached hydrogens (tertiary/aromatic N) is 1. The molecule has 4 nitrogen and oxygen atoms in total. The minimum Gasteiger partial charge on any atom is -0.484 e. The number of halogens is 2. The Balaban J connectivity index is 1.91. The highest BCUT2D eigenvalue weighted by molar-refractivity contribution is 6.34. The largest absolute Gasteiger partial charge is 0.484 e. The fourth-order valence-electron chi connectivity index (χ4n) is 1.59. The van der Waals surface area contributed by atoms with Crippen LogP contribution in [-0.4, -0.2) is 12.5 Å². The molecule has 0 saturated carbocycles. The van der Waals surface area contributed by atoms with Gasteiger partial charge in [-0.25, -0.2) is 0 Å². The van der Waals surface area contributed by atoms with Crippen molar-refractivity contribution in [2.45, 2.75) is 0 Å². The number of hydrogen-bond acceptors (Lipinski definition) is 3. The lowest BCUT2D eigenvalue weighted by molar-refractivity contribution is -0.118. The van der Waals surface area contributed by atoms with Gasteiger partial charge in [-0.1, -0.05) is 23.2 Å². The molecule has 1 amide bonds. The van der Waals surface area contributed by atoms with Gasteiger partial charge in [-0.3, -0.25) is 4.79 Å². The van der Waals surface area contributed by atoms with E-state index in [2.05, 4.69) is 5.32 Å². The lowest BCUT2D eigenvalue weighted by Crippen LogP contribution is -2.20. The number of carbonyl (C=O) groups excluding carboxylic acids is 1. The third-order valence-corrected chi connectivity index (χ3v) is 2.94. The molecule has 0 radical (unpaired) electrons. The number of nitrogens with one attached hydrogen (secondary N) is 1. The van der Waals surface area contributed by atoms with Crippen LogP contribution in [0.1, 0.15) is 5.56 Å². The van der Waals surface area contributed by atoms with Crippen LogP contribution in [0.15, 0.2) is 42.5 Å². The van der Waals surface area contributed by atoms with Crippen molar-refractivity contribution in [3.05, 3.63) is 58.1 Å². The Morgan fingerprint density at radius 3 is 2.33 bits per heavy atom. The van der Waals surface area contributed by atoms with Gasteiger partial charge in [0.1, 0.15) is 5.75 Å². The molecule has 21 heavy (non-hydrogen) atoms. The van der Waals surface area contributed by atoms with Gasteiger partial charge in [0.25, 0.3) is 5.91 Å². The molecule has 0 unspecified atom stereocenters. The highest BCUT2D eigenvalue weighted by atomic mass is 35.5. The summed E-state index contributed by atoms with van der Waals surface area (Å²) in [5, 5.41) is 12.2. The van der Waals surface area contributed by atoms with Crippen LogP contribution in [-0.2, 0) is 4.79 Å². The summed E-state index contributed by atoms with van der Waals surface area (Å²) in [4.78, 5) is 11.7. The van der Waals surface area contributed by atoms with E-state index in [4.69, 9.17) is 33.2 Å². The second-order valence-electron chi connectivity index (χ2n) is 4.13. The first-order chi connectivity index (χ1) is 10.1. The average molecular weight is 321 g/mol. The Morgan fingerprint density at radius 2 is 1.76 bits per heavy atom. The second kappa shape index (κ2) is 6.98. The second-order valence-corrected chi connectivity index (χ2v) is 5.00. The van der Waals surface area contributed by atoms with Crippen molar-refractivity contribution in [3.8, 4) is 11.8 Å². The molecule has 2 aromatic carbocycles. The third kappa shape index (κ3) is 4.67. The zero-order valence-corrected chi connectivity index (χ0v) is 12.3. The Labute approximate surface area is 131 Å². The standard InChI is InChI=1S/C15H10Cl2N2O2/c16-11-5-12(17)7-14(6-11)21-9-15(20)19-13-3-1-10(8-18)2-4-13/h1-7H,9H2,(H,19,20). The molecule has 0 spiro atoms. The van der Waals surface area contributed by atoms with Crippen LogP contribution in [0, 0.1) is 11.3 Å². The first-order valence-corrected chi connectivity index (χ1v) is 6.71. The molecule has 0 aliphatic heterocycles. The van der Waals surface area contributed by atoms with Crippen molar-refractivity contribution < 1.29 is 9.53 Å². The molecule has 0 aliphatic rings. The van der Waals surface area contributed by atoms with Crippen molar-refractivity contribution >= 4 is 34.8 Å². The SMILES string of the molecule is N#Cc1ccc(NC(=O)COc2cc(Cl)cc(Cl)c2)cc1. The van der Waals surface area contributed by atoms with Crippen molar-refractivity contribution in [3.63, 3.8) is 0 Å². The summed E-state index contributed by atoms with van der Waals surface area (Å²) in [7, 11) is 0. The number of anilines is 1. The van der Waals surface area contributed by atoms with Gasteiger partial charge in [-0.2, -0.15) is 5.26 Å². The van der Waals surface area contributed by atoms with Crippen LogP contribution in [0.25, 0.3) is 0 Å². The minimum absolute atomic E-state index is 0.170. The van der Waals surface area contributed by atoms with Crippen LogP contribution in [0.4, 0.5) is 5.69 Å². The monoisotopic (exact) mass is 320 g/mol. The maximum absolute atomic E-state index is 11.7. The first-order valence-electron chi connectivity index (χ1n) is 5.96. The first kappa shape index (κ1) is 15.2. The molecule has 0 fully saturated rings. The third-order valence-electron chi connectivity index (χ3n) is 2.50. The Kier molecular flexibility index (Phi) is 5.04. The normalized spacial score (nSPS) is 9.76. The van der Waals surface area contributed by atoms with Crippen LogP contribution in [0.2, 0.25) is 10.0 Å². The van der Waals surface area contributed by atoms with Gasteiger partial charge < -0.3 is 10.1 Å². The zero-order chi connectivity index (χ0) is 15.2. The zero-order valence-electron chi connectivity index (χ0n) is 10.8. The lowest BCUT2D eigenvalue weighted by Gasteiger charge is -2.08. The molecule has 0 atom stereocenters. The van der Waals surface area contributed by atoms with Gasteiger partial charge >= 0.3 is 0 Å². The molecule has 0 bridgehead atoms. The van der Waals surface area contributed by atoms with E-state index in [1.807, 2.05) is 6.07 Å². The van der Waals surface area contributed by atoms with E-state index in [0.717, 1.165) is 0 Å². The van der Waals surface area contributed by atoms with Gasteiger partial charge in [-0.15, -0.1) is 0 Å². The van der Waals surface area contributed by atoms with Gasteiger partial charge in [0, 0.05) is 15.7 Å². The van der Waals surface area contributed by atoms with Crippen LogP contribution in [0.5, 0.6) is 5.75 Å². The summed E-state index contributed by atoms with van der Waals surface area (Å²) in [6.07, 6.45) is 0. The molecule has 0 aliphatic carbocycles. The molecule has 0 saturated heterocycles. The van der Waals surface area contributed by atoms with E-state index in [-0.39, 0.29) is 12.5 Å². The Hall–Kier alpha value is -2.22. The van der Waals surface area contributed by atoms with Gasteiger partial charge in [0.05, 0.1) is 11.6 Å². The highest BCUT2D eigenvalue weighted by Gasteiger charge is 2.05. The van der Waals surface area contributed by atoms with Gasteiger partial charge in [0.15, 0.2) is 6.61 Å². The van der Waals surface area contributed by atoms with Gasteiger partial charge in [0.2, 0.25) is 0 Å². The van der Waals surface area contributed by atoms with Crippen LogP contribution >= 0.6 is 23.2 Å². The topological polar surface area (TPSA) is 62.1 Å². The Morgan fingerprint density at radius 1 is 1.14 bits per heavy atom. The van der Waals surface area contributed by atoms with E-state index < -0.39 is 0 Å². The van der Waals surface area contributed by atoms with E-state index in [1.54, 1.807) is 42.5 Å². The molecule has 2 rings (SSSR count). The fourth-order valence-corrected chi connectivity index (χ4v) is 2.09. The molecule has 6 heteroatoms.